The molecule has 11 nitrogen and oxygen atoms in total. The van der Waals surface area contributed by atoms with Crippen molar-refractivity contribution in [3.63, 3.8) is 0 Å². The van der Waals surface area contributed by atoms with Gasteiger partial charge in [-0.2, -0.15) is 0 Å². The van der Waals surface area contributed by atoms with Crippen molar-refractivity contribution >= 4 is 62.6 Å². The number of aryl methyl sites for hydroxylation is 1. The first kappa shape index (κ1) is 26.0. The van der Waals surface area contributed by atoms with Crippen LogP contribution < -0.4 is 32.3 Å². The number of rotatable bonds is 5. The molecule has 2 fully saturated rings. The van der Waals surface area contributed by atoms with Crippen LogP contribution in [0.4, 0.5) is 26.4 Å². The summed E-state index contributed by atoms with van der Waals surface area (Å²) < 4.78 is 19.2. The van der Waals surface area contributed by atoms with E-state index in [2.05, 4.69) is 10.6 Å². The van der Waals surface area contributed by atoms with Crippen LogP contribution in [0.5, 0.6) is 0 Å². The average Bonchev–Trinajstić information content (AvgIpc) is 3.69. The van der Waals surface area contributed by atoms with Crippen LogP contribution in [0.2, 0.25) is 0 Å². The van der Waals surface area contributed by atoms with E-state index < -0.39 is 34.6 Å². The summed E-state index contributed by atoms with van der Waals surface area (Å²) in [6.45, 7) is 1.36. The molecule has 1 saturated carbocycles. The maximum atomic E-state index is 14.9. The number of amides is 3. The van der Waals surface area contributed by atoms with E-state index >= 15 is 0 Å². The molecule has 0 atom stereocenters. The van der Waals surface area contributed by atoms with Crippen molar-refractivity contribution in [1.29, 1.82) is 0 Å². The normalized spacial score (nSPS) is 15.2. The molecule has 1 saturated heterocycles. The van der Waals surface area contributed by atoms with E-state index in [-0.39, 0.29) is 51.9 Å². The zero-order valence-electron chi connectivity index (χ0n) is 21.3. The van der Waals surface area contributed by atoms with Crippen molar-refractivity contribution < 1.29 is 14.0 Å². The SMILES string of the molecule is Cc1c(=O)n(C)c(Nc2ccc(I)cc2F)c2c(=O)n(C3CC3)c(=O)n(-c3cccc(N4C(=O)CNC4=O)c3)c12. The number of nitrogens with zero attached hydrogens (tertiary/aromatic N) is 4. The van der Waals surface area contributed by atoms with Crippen LogP contribution in [0.15, 0.2) is 56.8 Å². The van der Waals surface area contributed by atoms with Crippen molar-refractivity contribution in [3.05, 3.63) is 88.6 Å². The highest BCUT2D eigenvalue weighted by atomic mass is 127. The molecule has 2 aliphatic rings. The number of anilines is 3. The van der Waals surface area contributed by atoms with Gasteiger partial charge in [0, 0.05) is 22.2 Å². The second-order valence-corrected chi connectivity index (χ2v) is 11.0. The van der Waals surface area contributed by atoms with E-state index in [4.69, 9.17) is 0 Å². The number of hydrogen-bond acceptors (Lipinski definition) is 6. The standard InChI is InChI=1S/C27H22FIN6O5/c1-13-22-21(23(32(2)24(13)37)31-19-9-6-14(29)10-18(19)28)25(38)35(15-7-8-15)27(40)34(22)17-5-3-4-16(11-17)33-20(36)12-30-26(33)39/h3-6,9-11,15,31H,7-8,12H2,1-2H3,(H,30,39). The number of carbonyl (C=O) groups is 2. The number of aromatic nitrogens is 3. The largest absolute Gasteiger partial charge is 0.338 e. The molecule has 0 radical (unpaired) electrons. The predicted octanol–water partition coefficient (Wildman–Crippen LogP) is 3.04. The molecule has 0 bridgehead atoms. The summed E-state index contributed by atoms with van der Waals surface area (Å²) in [7, 11) is 1.47. The molecule has 204 valence electrons. The number of urea groups is 1. The second-order valence-electron chi connectivity index (χ2n) is 9.74. The van der Waals surface area contributed by atoms with Gasteiger partial charge >= 0.3 is 11.7 Å². The predicted molar refractivity (Wildman–Crippen MR) is 155 cm³/mol. The van der Waals surface area contributed by atoms with E-state index in [0.29, 0.717) is 16.4 Å². The number of hydrogen-bond donors (Lipinski definition) is 2. The fourth-order valence-corrected chi connectivity index (χ4v) is 5.48. The first-order valence-corrected chi connectivity index (χ1v) is 13.5. The minimum Gasteiger partial charge on any atom is -0.338 e. The maximum Gasteiger partial charge on any atom is 0.336 e. The summed E-state index contributed by atoms with van der Waals surface area (Å²) >= 11 is 1.98. The third kappa shape index (κ3) is 4.03. The molecule has 0 unspecified atom stereocenters. The lowest BCUT2D eigenvalue weighted by Crippen LogP contribution is -2.41. The van der Waals surface area contributed by atoms with Gasteiger partial charge in [0.2, 0.25) is 0 Å². The molecular weight excluding hydrogens is 634 g/mol. The fraction of sp³-hybridized carbons (Fsp3) is 0.222. The Balaban J connectivity index is 1.69. The van der Waals surface area contributed by atoms with Crippen LogP contribution in [-0.4, -0.2) is 32.2 Å². The van der Waals surface area contributed by atoms with E-state index in [0.717, 1.165) is 9.47 Å². The highest BCUT2D eigenvalue weighted by molar-refractivity contribution is 14.1. The van der Waals surface area contributed by atoms with E-state index in [1.54, 1.807) is 24.3 Å². The Morgan fingerprint density at radius 2 is 1.73 bits per heavy atom. The van der Waals surface area contributed by atoms with Gasteiger partial charge in [-0.1, -0.05) is 6.07 Å². The van der Waals surface area contributed by atoms with Gasteiger partial charge in [0.25, 0.3) is 17.0 Å². The first-order chi connectivity index (χ1) is 19.1. The summed E-state index contributed by atoms with van der Waals surface area (Å²) in [5, 5.41) is 5.41. The lowest BCUT2D eigenvalue weighted by Gasteiger charge is -2.21. The van der Waals surface area contributed by atoms with Gasteiger partial charge in [0.15, 0.2) is 0 Å². The van der Waals surface area contributed by atoms with E-state index in [1.165, 1.54) is 41.3 Å². The third-order valence-corrected chi connectivity index (χ3v) is 7.80. The van der Waals surface area contributed by atoms with Crippen LogP contribution in [0.25, 0.3) is 16.6 Å². The van der Waals surface area contributed by atoms with Crippen LogP contribution >= 0.6 is 22.6 Å². The molecular formula is C27H22FIN6O5. The molecule has 40 heavy (non-hydrogen) atoms. The van der Waals surface area contributed by atoms with Gasteiger partial charge in [-0.25, -0.2) is 18.9 Å². The quantitative estimate of drug-likeness (QED) is 0.251. The first-order valence-electron chi connectivity index (χ1n) is 12.4. The Bertz CT molecular complexity index is 1940. The molecule has 3 heterocycles. The second kappa shape index (κ2) is 9.43. The smallest absolute Gasteiger partial charge is 0.336 e. The van der Waals surface area contributed by atoms with Crippen molar-refractivity contribution in [1.82, 2.24) is 19.0 Å². The zero-order valence-corrected chi connectivity index (χ0v) is 23.5. The summed E-state index contributed by atoms with van der Waals surface area (Å²) in [5.74, 6) is -1.01. The monoisotopic (exact) mass is 656 g/mol. The van der Waals surface area contributed by atoms with Gasteiger partial charge in [-0.15, -0.1) is 0 Å². The molecule has 2 aromatic carbocycles. The third-order valence-electron chi connectivity index (χ3n) is 7.13. The topological polar surface area (TPSA) is 127 Å². The van der Waals surface area contributed by atoms with Crippen LogP contribution in [-0.2, 0) is 11.8 Å². The highest BCUT2D eigenvalue weighted by Gasteiger charge is 2.33. The number of fused-ring (bicyclic) bond motifs is 1. The van der Waals surface area contributed by atoms with Crippen LogP contribution in [0.1, 0.15) is 24.4 Å². The molecule has 3 amide bonds. The van der Waals surface area contributed by atoms with Crippen molar-refractivity contribution in [2.75, 3.05) is 16.8 Å². The van der Waals surface area contributed by atoms with Gasteiger partial charge in [-0.3, -0.25) is 28.1 Å². The lowest BCUT2D eigenvalue weighted by molar-refractivity contribution is -0.115. The van der Waals surface area contributed by atoms with Gasteiger partial charge < -0.3 is 10.6 Å². The molecule has 2 N–H and O–H groups in total. The van der Waals surface area contributed by atoms with Gasteiger partial charge in [0.1, 0.15) is 17.0 Å². The van der Waals surface area contributed by atoms with Gasteiger partial charge in [0.05, 0.1) is 29.1 Å². The number of imide groups is 1. The molecule has 0 spiro atoms. The van der Waals surface area contributed by atoms with Crippen molar-refractivity contribution in [2.24, 2.45) is 7.05 Å². The molecule has 13 heteroatoms. The van der Waals surface area contributed by atoms with Crippen LogP contribution in [0.3, 0.4) is 0 Å². The zero-order chi connectivity index (χ0) is 28.5. The van der Waals surface area contributed by atoms with Crippen molar-refractivity contribution in [2.45, 2.75) is 25.8 Å². The maximum absolute atomic E-state index is 14.9. The minimum absolute atomic E-state index is 0.0316. The fourth-order valence-electron chi connectivity index (χ4n) is 5.03. The molecule has 6 rings (SSSR count). The number of pyridine rings is 1. The Kier molecular flexibility index (Phi) is 6.12. The molecule has 1 aliphatic heterocycles. The highest BCUT2D eigenvalue weighted by Crippen LogP contribution is 2.34. The van der Waals surface area contributed by atoms with Crippen LogP contribution in [0, 0.1) is 16.3 Å². The molecule has 2 aromatic heterocycles. The molecule has 1 aliphatic carbocycles. The van der Waals surface area contributed by atoms with E-state index in [9.17, 15) is 28.4 Å². The summed E-state index contributed by atoms with van der Waals surface area (Å²) in [4.78, 5) is 66.9. The number of carbonyl (C=O) groups excluding carboxylic acids is 2. The Hall–Kier alpha value is -4.27. The summed E-state index contributed by atoms with van der Waals surface area (Å²) in [6, 6.07) is 9.77. The van der Waals surface area contributed by atoms with E-state index in [1.807, 2.05) is 22.6 Å². The Morgan fingerprint density at radius 1 is 1.00 bits per heavy atom. The minimum atomic E-state index is -0.655. The Labute approximate surface area is 239 Å². The molecule has 4 aromatic rings. The Morgan fingerprint density at radius 3 is 2.38 bits per heavy atom. The average molecular weight is 656 g/mol. The summed E-state index contributed by atoms with van der Waals surface area (Å²) in [5.41, 5.74) is -1.05. The number of benzene rings is 2. The number of nitrogens with one attached hydrogen (secondary N) is 2. The number of halogens is 2. The lowest BCUT2D eigenvalue weighted by atomic mass is 10.1. The summed E-state index contributed by atoms with van der Waals surface area (Å²) in [6.07, 6.45) is 1.25. The van der Waals surface area contributed by atoms with Gasteiger partial charge in [-0.05, 0) is 78.8 Å². The van der Waals surface area contributed by atoms with Crippen molar-refractivity contribution in [3.8, 4) is 5.69 Å².